The summed E-state index contributed by atoms with van der Waals surface area (Å²) in [7, 11) is 0. The SMILES string of the molecule is CCOc1ccc(C2CC(=O)NCCN2)cc1. The third-order valence-electron chi connectivity index (χ3n) is 2.82. The molecule has 1 aliphatic rings. The molecule has 1 saturated heterocycles. The standard InChI is InChI=1S/C13H18N2O2/c1-2-17-11-5-3-10(4-6-11)12-9-13(16)15-8-7-14-12/h3-6,12,14H,2,7-9H2,1H3,(H,15,16). The van der Waals surface area contributed by atoms with Gasteiger partial charge in [0.05, 0.1) is 6.61 Å². The van der Waals surface area contributed by atoms with Crippen molar-refractivity contribution >= 4 is 5.91 Å². The van der Waals surface area contributed by atoms with Gasteiger partial charge in [0.1, 0.15) is 5.75 Å². The zero-order valence-corrected chi connectivity index (χ0v) is 10.0. The number of hydrogen-bond acceptors (Lipinski definition) is 3. The van der Waals surface area contributed by atoms with Crippen molar-refractivity contribution in [1.29, 1.82) is 0 Å². The fourth-order valence-corrected chi connectivity index (χ4v) is 1.98. The maximum absolute atomic E-state index is 11.5. The maximum atomic E-state index is 11.5. The quantitative estimate of drug-likeness (QED) is 0.827. The lowest BCUT2D eigenvalue weighted by Gasteiger charge is -2.15. The monoisotopic (exact) mass is 234 g/mol. The molecular weight excluding hydrogens is 216 g/mol. The van der Waals surface area contributed by atoms with Crippen molar-refractivity contribution in [2.24, 2.45) is 0 Å². The molecule has 0 aromatic heterocycles. The Morgan fingerprint density at radius 3 is 2.76 bits per heavy atom. The molecule has 1 aromatic carbocycles. The lowest BCUT2D eigenvalue weighted by molar-refractivity contribution is -0.121. The lowest BCUT2D eigenvalue weighted by atomic mass is 10.0. The first-order valence-corrected chi connectivity index (χ1v) is 6.02. The van der Waals surface area contributed by atoms with E-state index in [2.05, 4.69) is 10.6 Å². The minimum atomic E-state index is 0.105. The van der Waals surface area contributed by atoms with Crippen LogP contribution in [0.25, 0.3) is 0 Å². The highest BCUT2D eigenvalue weighted by atomic mass is 16.5. The molecule has 0 bridgehead atoms. The zero-order chi connectivity index (χ0) is 12.1. The topological polar surface area (TPSA) is 50.4 Å². The Bertz CT molecular complexity index is 376. The molecule has 0 radical (unpaired) electrons. The molecule has 4 heteroatoms. The predicted octanol–water partition coefficient (Wildman–Crippen LogP) is 1.24. The first-order valence-electron chi connectivity index (χ1n) is 6.02. The Morgan fingerprint density at radius 2 is 2.06 bits per heavy atom. The van der Waals surface area contributed by atoms with Crippen molar-refractivity contribution in [3.63, 3.8) is 0 Å². The number of benzene rings is 1. The summed E-state index contributed by atoms with van der Waals surface area (Å²) in [6.45, 7) is 4.14. The average molecular weight is 234 g/mol. The van der Waals surface area contributed by atoms with Crippen molar-refractivity contribution in [2.75, 3.05) is 19.7 Å². The molecule has 1 fully saturated rings. The third kappa shape index (κ3) is 3.20. The largest absolute Gasteiger partial charge is 0.494 e. The van der Waals surface area contributed by atoms with E-state index in [1.54, 1.807) is 0 Å². The Morgan fingerprint density at radius 1 is 1.29 bits per heavy atom. The minimum Gasteiger partial charge on any atom is -0.494 e. The Balaban J connectivity index is 2.07. The number of hydrogen-bond donors (Lipinski definition) is 2. The van der Waals surface area contributed by atoms with Gasteiger partial charge >= 0.3 is 0 Å². The summed E-state index contributed by atoms with van der Waals surface area (Å²) in [6.07, 6.45) is 0.494. The van der Waals surface area contributed by atoms with E-state index in [4.69, 9.17) is 4.74 Å². The Kier molecular flexibility index (Phi) is 3.98. The fraction of sp³-hybridized carbons (Fsp3) is 0.462. The van der Waals surface area contributed by atoms with E-state index in [0.29, 0.717) is 19.6 Å². The van der Waals surface area contributed by atoms with E-state index < -0.39 is 0 Å². The first kappa shape index (κ1) is 11.9. The summed E-state index contributed by atoms with van der Waals surface area (Å²) in [5.41, 5.74) is 1.13. The van der Waals surface area contributed by atoms with Crippen LogP contribution >= 0.6 is 0 Å². The van der Waals surface area contributed by atoms with Crippen LogP contribution in [-0.2, 0) is 4.79 Å². The normalized spacial score (nSPS) is 20.5. The van der Waals surface area contributed by atoms with Gasteiger partial charge in [-0.05, 0) is 24.6 Å². The van der Waals surface area contributed by atoms with Crippen molar-refractivity contribution < 1.29 is 9.53 Å². The van der Waals surface area contributed by atoms with Crippen LogP contribution in [0.3, 0.4) is 0 Å². The number of nitrogens with one attached hydrogen (secondary N) is 2. The van der Waals surface area contributed by atoms with Crippen LogP contribution in [0.4, 0.5) is 0 Å². The van der Waals surface area contributed by atoms with Gasteiger partial charge in [-0.2, -0.15) is 0 Å². The van der Waals surface area contributed by atoms with Crippen molar-refractivity contribution in [1.82, 2.24) is 10.6 Å². The van der Waals surface area contributed by atoms with Gasteiger partial charge in [0.15, 0.2) is 0 Å². The van der Waals surface area contributed by atoms with Crippen LogP contribution in [0, 0.1) is 0 Å². The molecule has 1 unspecified atom stereocenters. The van der Waals surface area contributed by atoms with Gasteiger partial charge in [0, 0.05) is 25.6 Å². The highest BCUT2D eigenvalue weighted by Gasteiger charge is 2.18. The van der Waals surface area contributed by atoms with Gasteiger partial charge in [-0.25, -0.2) is 0 Å². The van der Waals surface area contributed by atoms with Gasteiger partial charge in [-0.1, -0.05) is 12.1 Å². The molecule has 1 aromatic rings. The molecule has 2 rings (SSSR count). The molecule has 0 spiro atoms. The zero-order valence-electron chi connectivity index (χ0n) is 10.0. The second-order valence-corrected chi connectivity index (χ2v) is 4.06. The second kappa shape index (κ2) is 5.68. The van der Waals surface area contributed by atoms with Crippen LogP contribution in [0.15, 0.2) is 24.3 Å². The van der Waals surface area contributed by atoms with Crippen molar-refractivity contribution in [3.8, 4) is 5.75 Å². The van der Waals surface area contributed by atoms with E-state index in [1.165, 1.54) is 0 Å². The second-order valence-electron chi connectivity index (χ2n) is 4.06. The van der Waals surface area contributed by atoms with Crippen LogP contribution < -0.4 is 15.4 Å². The summed E-state index contributed by atoms with van der Waals surface area (Å²) < 4.78 is 5.39. The van der Waals surface area contributed by atoms with Crippen molar-refractivity contribution in [3.05, 3.63) is 29.8 Å². The highest BCUT2D eigenvalue weighted by Crippen LogP contribution is 2.21. The van der Waals surface area contributed by atoms with E-state index in [0.717, 1.165) is 17.9 Å². The Hall–Kier alpha value is -1.55. The van der Waals surface area contributed by atoms with E-state index in [-0.39, 0.29) is 11.9 Å². The molecule has 17 heavy (non-hydrogen) atoms. The summed E-state index contributed by atoms with van der Waals surface area (Å²) in [4.78, 5) is 11.5. The number of amides is 1. The smallest absolute Gasteiger partial charge is 0.221 e. The van der Waals surface area contributed by atoms with Gasteiger partial charge < -0.3 is 15.4 Å². The van der Waals surface area contributed by atoms with Crippen LogP contribution in [0.5, 0.6) is 5.75 Å². The van der Waals surface area contributed by atoms with Crippen LogP contribution in [0.1, 0.15) is 24.9 Å². The number of ether oxygens (including phenoxy) is 1. The number of rotatable bonds is 3. The van der Waals surface area contributed by atoms with Crippen LogP contribution in [0.2, 0.25) is 0 Å². The summed E-state index contributed by atoms with van der Waals surface area (Å²) in [5.74, 6) is 0.975. The van der Waals surface area contributed by atoms with Gasteiger partial charge in [-0.15, -0.1) is 0 Å². The third-order valence-corrected chi connectivity index (χ3v) is 2.82. The molecular formula is C13H18N2O2. The molecule has 2 N–H and O–H groups in total. The van der Waals surface area contributed by atoms with Crippen LogP contribution in [-0.4, -0.2) is 25.6 Å². The van der Waals surface area contributed by atoms with Crippen molar-refractivity contribution in [2.45, 2.75) is 19.4 Å². The lowest BCUT2D eigenvalue weighted by Crippen LogP contribution is -2.24. The van der Waals surface area contributed by atoms with Gasteiger partial charge in [-0.3, -0.25) is 4.79 Å². The number of carbonyl (C=O) groups is 1. The molecule has 0 saturated carbocycles. The first-order chi connectivity index (χ1) is 8.29. The van der Waals surface area contributed by atoms with Gasteiger partial charge in [0.25, 0.3) is 0 Å². The van der Waals surface area contributed by atoms with E-state index in [9.17, 15) is 4.79 Å². The predicted molar refractivity (Wildman–Crippen MR) is 66.0 cm³/mol. The molecule has 4 nitrogen and oxygen atoms in total. The summed E-state index contributed by atoms with van der Waals surface area (Å²) >= 11 is 0. The molecule has 1 atom stereocenters. The van der Waals surface area contributed by atoms with E-state index in [1.807, 2.05) is 31.2 Å². The summed E-state index contributed by atoms with van der Waals surface area (Å²) in [6, 6.07) is 8.03. The molecule has 0 aliphatic carbocycles. The Labute approximate surface area is 101 Å². The summed E-state index contributed by atoms with van der Waals surface area (Å²) in [5, 5.41) is 6.21. The minimum absolute atomic E-state index is 0.105. The average Bonchev–Trinajstić information content (AvgIpc) is 2.55. The highest BCUT2D eigenvalue weighted by molar-refractivity contribution is 5.77. The maximum Gasteiger partial charge on any atom is 0.221 e. The van der Waals surface area contributed by atoms with Gasteiger partial charge in [0.2, 0.25) is 5.91 Å². The van der Waals surface area contributed by atoms with E-state index >= 15 is 0 Å². The molecule has 1 aliphatic heterocycles. The number of carbonyl (C=O) groups excluding carboxylic acids is 1. The molecule has 1 heterocycles. The molecule has 92 valence electrons. The molecule has 1 amide bonds. The fourth-order valence-electron chi connectivity index (χ4n) is 1.98.